The Kier molecular flexibility index (Phi) is 5.47. The highest BCUT2D eigenvalue weighted by Gasteiger charge is 2.50. The maximum Gasteiger partial charge on any atom is 0.338 e. The van der Waals surface area contributed by atoms with E-state index in [-0.39, 0.29) is 23.3 Å². The number of thiocarbonyl (C=S) groups is 1. The molecule has 2 aliphatic heterocycles. The fourth-order valence-electron chi connectivity index (χ4n) is 3.51. The summed E-state index contributed by atoms with van der Waals surface area (Å²) in [5.41, 5.74) is 2.18. The van der Waals surface area contributed by atoms with Gasteiger partial charge in [0.05, 0.1) is 25.0 Å². The highest BCUT2D eigenvalue weighted by molar-refractivity contribution is 7.99. The van der Waals surface area contributed by atoms with Crippen LogP contribution in [0.1, 0.15) is 28.2 Å². The van der Waals surface area contributed by atoms with E-state index >= 15 is 0 Å². The van der Waals surface area contributed by atoms with E-state index < -0.39 is 0 Å². The van der Waals surface area contributed by atoms with Crippen LogP contribution in [0.2, 0.25) is 0 Å². The van der Waals surface area contributed by atoms with Crippen LogP contribution < -0.4 is 9.64 Å². The van der Waals surface area contributed by atoms with Crippen LogP contribution in [0.4, 0.5) is 5.69 Å². The molecule has 0 unspecified atom stereocenters. The van der Waals surface area contributed by atoms with Crippen LogP contribution in [0, 0.1) is 0 Å². The number of hydrogen-bond acceptors (Lipinski definition) is 6. The molecular formula is C21H20N2O4S2. The number of hydrogen-bond donors (Lipinski definition) is 0. The fraction of sp³-hybridized carbons (Fsp3) is 0.286. The first kappa shape index (κ1) is 19.7. The molecule has 150 valence electrons. The second kappa shape index (κ2) is 8.04. The second-order valence-electron chi connectivity index (χ2n) is 6.61. The Balaban J connectivity index is 1.58. The number of benzene rings is 2. The van der Waals surface area contributed by atoms with Crippen LogP contribution in [0.5, 0.6) is 5.75 Å². The molecule has 0 aliphatic carbocycles. The number of methoxy groups -OCH3 is 1. The van der Waals surface area contributed by atoms with Gasteiger partial charge in [-0.25, -0.2) is 4.79 Å². The van der Waals surface area contributed by atoms with Gasteiger partial charge in [-0.05, 0) is 61.1 Å². The van der Waals surface area contributed by atoms with Crippen molar-refractivity contribution in [3.63, 3.8) is 0 Å². The molecule has 0 radical (unpaired) electrons. The van der Waals surface area contributed by atoms with Crippen LogP contribution in [-0.4, -0.2) is 47.4 Å². The lowest BCUT2D eigenvalue weighted by molar-refractivity contribution is -0.119. The zero-order valence-corrected chi connectivity index (χ0v) is 17.7. The number of carbonyl (C=O) groups excluding carboxylic acids is 2. The molecule has 6 nitrogen and oxygen atoms in total. The van der Waals surface area contributed by atoms with Crippen LogP contribution >= 0.6 is 24.0 Å². The van der Waals surface area contributed by atoms with Gasteiger partial charge in [0.2, 0.25) is 0 Å². The Morgan fingerprint density at radius 1 is 1.17 bits per heavy atom. The Morgan fingerprint density at radius 3 is 2.48 bits per heavy atom. The molecule has 0 bridgehead atoms. The van der Waals surface area contributed by atoms with E-state index in [4.69, 9.17) is 21.7 Å². The predicted octanol–water partition coefficient (Wildman–Crippen LogP) is 3.62. The lowest BCUT2D eigenvalue weighted by Gasteiger charge is -2.25. The van der Waals surface area contributed by atoms with Gasteiger partial charge in [0, 0.05) is 5.75 Å². The van der Waals surface area contributed by atoms with E-state index in [1.165, 1.54) is 0 Å². The van der Waals surface area contributed by atoms with Crippen LogP contribution in [-0.2, 0) is 9.53 Å². The largest absolute Gasteiger partial charge is 0.497 e. The molecule has 0 saturated carbocycles. The van der Waals surface area contributed by atoms with Crippen molar-refractivity contribution in [1.29, 1.82) is 0 Å². The first-order valence-corrected chi connectivity index (χ1v) is 10.7. The van der Waals surface area contributed by atoms with Gasteiger partial charge in [-0.2, -0.15) is 0 Å². The minimum Gasteiger partial charge on any atom is -0.497 e. The maximum absolute atomic E-state index is 13.1. The van der Waals surface area contributed by atoms with E-state index in [0.29, 0.717) is 28.7 Å². The van der Waals surface area contributed by atoms with E-state index in [2.05, 4.69) is 0 Å². The summed E-state index contributed by atoms with van der Waals surface area (Å²) in [6.07, 6.45) is 0. The summed E-state index contributed by atoms with van der Waals surface area (Å²) in [4.78, 5) is 28.5. The topological polar surface area (TPSA) is 59.1 Å². The van der Waals surface area contributed by atoms with Crippen molar-refractivity contribution in [1.82, 2.24) is 4.90 Å². The second-order valence-corrected chi connectivity index (χ2v) is 8.08. The number of esters is 1. The van der Waals surface area contributed by atoms with Crippen LogP contribution in [0.3, 0.4) is 0 Å². The molecule has 8 heteroatoms. The van der Waals surface area contributed by atoms with Gasteiger partial charge < -0.3 is 14.4 Å². The zero-order valence-electron chi connectivity index (χ0n) is 16.0. The lowest BCUT2D eigenvalue weighted by Crippen LogP contribution is -2.33. The van der Waals surface area contributed by atoms with Gasteiger partial charge in [0.15, 0.2) is 5.11 Å². The third-order valence-electron chi connectivity index (χ3n) is 4.96. The molecule has 2 saturated heterocycles. The summed E-state index contributed by atoms with van der Waals surface area (Å²) in [5.74, 6) is 1.04. The van der Waals surface area contributed by atoms with Crippen molar-refractivity contribution in [2.75, 3.05) is 24.4 Å². The van der Waals surface area contributed by atoms with Gasteiger partial charge >= 0.3 is 5.97 Å². The molecule has 2 fully saturated rings. The molecule has 2 aromatic carbocycles. The van der Waals surface area contributed by atoms with Gasteiger partial charge in [-0.15, -0.1) is 11.8 Å². The van der Waals surface area contributed by atoms with Crippen molar-refractivity contribution < 1.29 is 19.1 Å². The molecule has 2 atom stereocenters. The highest BCUT2D eigenvalue weighted by Crippen LogP contribution is 2.46. The van der Waals surface area contributed by atoms with E-state index in [1.54, 1.807) is 55.0 Å². The number of nitrogens with zero attached hydrogens (tertiary/aromatic N) is 2. The summed E-state index contributed by atoms with van der Waals surface area (Å²) in [7, 11) is 1.63. The molecule has 2 heterocycles. The van der Waals surface area contributed by atoms with Crippen molar-refractivity contribution in [3.8, 4) is 5.75 Å². The van der Waals surface area contributed by atoms with E-state index in [9.17, 15) is 9.59 Å². The molecule has 0 spiro atoms. The Hall–Kier alpha value is -2.58. The molecule has 0 N–H and O–H groups in total. The van der Waals surface area contributed by atoms with E-state index in [1.807, 2.05) is 29.2 Å². The first-order chi connectivity index (χ1) is 14.0. The number of fused-ring (bicyclic) bond motifs is 1. The molecule has 1 amide bonds. The molecule has 29 heavy (non-hydrogen) atoms. The average molecular weight is 429 g/mol. The zero-order chi connectivity index (χ0) is 20.5. The molecule has 2 aliphatic rings. The van der Waals surface area contributed by atoms with Crippen molar-refractivity contribution in [2.24, 2.45) is 0 Å². The number of thioether (sulfide) groups is 1. The first-order valence-electron chi connectivity index (χ1n) is 9.24. The normalized spacial score (nSPS) is 20.8. The quantitative estimate of drug-likeness (QED) is 0.532. The summed E-state index contributed by atoms with van der Waals surface area (Å²) in [6, 6.07) is 14.3. The van der Waals surface area contributed by atoms with Gasteiger partial charge in [-0.3, -0.25) is 9.69 Å². The number of anilines is 1. The summed E-state index contributed by atoms with van der Waals surface area (Å²) >= 11 is 7.40. The maximum atomic E-state index is 13.1. The number of carbonyl (C=O) groups is 2. The Morgan fingerprint density at radius 2 is 1.86 bits per heavy atom. The van der Waals surface area contributed by atoms with Crippen molar-refractivity contribution in [3.05, 3.63) is 59.7 Å². The highest BCUT2D eigenvalue weighted by atomic mass is 32.2. The molecule has 2 aromatic rings. The fourth-order valence-corrected chi connectivity index (χ4v) is 5.43. The Bertz CT molecular complexity index is 946. The van der Waals surface area contributed by atoms with Crippen molar-refractivity contribution in [2.45, 2.75) is 18.3 Å². The molecular weight excluding hydrogens is 408 g/mol. The Labute approximate surface area is 178 Å². The average Bonchev–Trinajstić information content (AvgIpc) is 3.29. The molecule has 0 aromatic heterocycles. The standard InChI is InChI=1S/C21H20N2O4S2/c1-3-27-20(25)14-4-8-15(9-5-14)22-18(24)17-12-29-19(23(17)21(22)28)13-6-10-16(26-2)11-7-13/h4-11,17,19H,3,12H2,1-2H3/t17-,19-/m1/s1. The number of rotatable bonds is 5. The summed E-state index contributed by atoms with van der Waals surface area (Å²) in [6.45, 7) is 2.08. The van der Waals surface area contributed by atoms with Gasteiger partial charge in [-0.1, -0.05) is 12.1 Å². The molecule has 4 rings (SSSR count). The number of ether oxygens (including phenoxy) is 2. The van der Waals surface area contributed by atoms with Crippen LogP contribution in [0.25, 0.3) is 0 Å². The third kappa shape index (κ3) is 3.47. The third-order valence-corrected chi connectivity index (χ3v) is 6.67. The monoisotopic (exact) mass is 428 g/mol. The minimum atomic E-state index is -0.383. The minimum absolute atomic E-state index is 0.0221. The van der Waals surface area contributed by atoms with Crippen LogP contribution in [0.15, 0.2) is 48.5 Å². The lowest BCUT2D eigenvalue weighted by atomic mass is 10.2. The van der Waals surface area contributed by atoms with E-state index in [0.717, 1.165) is 11.3 Å². The SMILES string of the molecule is CCOC(=O)c1ccc(N2C(=O)[C@H]3CS[C@H](c4ccc(OC)cc4)N3C2=S)cc1. The smallest absolute Gasteiger partial charge is 0.338 e. The van der Waals surface area contributed by atoms with Crippen molar-refractivity contribution >= 4 is 46.7 Å². The summed E-state index contributed by atoms with van der Waals surface area (Å²) in [5, 5.41) is 0.459. The van der Waals surface area contributed by atoms with Gasteiger partial charge in [0.25, 0.3) is 5.91 Å². The summed E-state index contributed by atoms with van der Waals surface area (Å²) < 4.78 is 10.2. The van der Waals surface area contributed by atoms with Gasteiger partial charge in [0.1, 0.15) is 17.2 Å². The predicted molar refractivity (Wildman–Crippen MR) is 116 cm³/mol. The number of amides is 1.